The molecule has 7 heteroatoms. The van der Waals surface area contributed by atoms with Crippen LogP contribution in [-0.4, -0.2) is 37.2 Å². The first-order chi connectivity index (χ1) is 10.7. The summed E-state index contributed by atoms with van der Waals surface area (Å²) < 4.78 is 21.0. The van der Waals surface area contributed by atoms with Crippen LogP contribution in [0, 0.1) is 4.78 Å². The van der Waals surface area contributed by atoms with Gasteiger partial charge in [0.25, 0.3) is 0 Å². The van der Waals surface area contributed by atoms with Gasteiger partial charge in [-0.2, -0.15) is 0 Å². The third-order valence-electron chi connectivity index (χ3n) is 4.78. The van der Waals surface area contributed by atoms with Gasteiger partial charge in [0, 0.05) is 11.2 Å². The van der Waals surface area contributed by atoms with E-state index in [0.717, 1.165) is 37.8 Å². The zero-order chi connectivity index (χ0) is 16.9. The highest BCUT2D eigenvalue weighted by atomic mass is 32.2. The fourth-order valence-electron chi connectivity index (χ4n) is 3.16. The minimum atomic E-state index is -2.87. The van der Waals surface area contributed by atoms with Crippen molar-refractivity contribution in [1.29, 1.82) is 4.78 Å². The fraction of sp³-hybridized carbons (Fsp3) is 0.750. The van der Waals surface area contributed by atoms with E-state index in [1.54, 1.807) is 0 Å². The largest absolute Gasteiger partial charge is 0.394 e. The summed E-state index contributed by atoms with van der Waals surface area (Å²) >= 11 is 0. The molecule has 1 aromatic heterocycles. The van der Waals surface area contributed by atoms with E-state index >= 15 is 0 Å². The molecule has 1 fully saturated rings. The number of fused-ring (bicyclic) bond motifs is 1. The molecular weight excluding hydrogens is 312 g/mol. The Kier molecular flexibility index (Phi) is 3.92. The lowest BCUT2D eigenvalue weighted by Crippen LogP contribution is -2.49. The molecule has 3 N–H and O–H groups in total. The van der Waals surface area contributed by atoms with E-state index in [9.17, 15) is 9.32 Å². The Morgan fingerprint density at radius 3 is 2.52 bits per heavy atom. The van der Waals surface area contributed by atoms with Crippen molar-refractivity contribution >= 4 is 15.5 Å². The summed E-state index contributed by atoms with van der Waals surface area (Å²) in [6.45, 7) is 6.16. The van der Waals surface area contributed by atoms with Crippen molar-refractivity contribution in [3.05, 3.63) is 11.5 Å². The molecule has 1 aliphatic carbocycles. The van der Waals surface area contributed by atoms with Crippen LogP contribution in [0.2, 0.25) is 0 Å². The number of aliphatic hydroxyl groups is 1. The summed E-state index contributed by atoms with van der Waals surface area (Å²) in [5.74, 6) is 1.57. The second-order valence-electron chi connectivity index (χ2n) is 7.82. The maximum absolute atomic E-state index is 12.8. The van der Waals surface area contributed by atoms with Gasteiger partial charge in [0.1, 0.15) is 16.5 Å². The van der Waals surface area contributed by atoms with Crippen LogP contribution in [0.1, 0.15) is 58.0 Å². The molecule has 1 aromatic rings. The number of nitrogens with zero attached hydrogens (tertiary/aromatic N) is 2. The molecule has 6 nitrogen and oxygen atoms in total. The van der Waals surface area contributed by atoms with Gasteiger partial charge in [-0.25, -0.2) is 19.0 Å². The van der Waals surface area contributed by atoms with Gasteiger partial charge in [-0.15, -0.1) is 0 Å². The van der Waals surface area contributed by atoms with Gasteiger partial charge in [0.05, 0.1) is 27.6 Å². The SMILES string of the molecule is CC(C)(C)c1nc2c(c(NC3(CO)CCC3)n1)S(=N)(=O)CCC2. The van der Waals surface area contributed by atoms with Gasteiger partial charge >= 0.3 is 0 Å². The third-order valence-corrected chi connectivity index (χ3v) is 6.73. The molecule has 128 valence electrons. The predicted octanol–water partition coefficient (Wildman–Crippen LogP) is 2.45. The molecule has 0 amide bonds. The molecule has 1 saturated carbocycles. The van der Waals surface area contributed by atoms with Crippen molar-refractivity contribution in [2.24, 2.45) is 0 Å². The molecular formula is C16H26N4O2S. The van der Waals surface area contributed by atoms with Gasteiger partial charge in [0.15, 0.2) is 0 Å². The summed E-state index contributed by atoms with van der Waals surface area (Å²) in [7, 11) is -2.87. The lowest BCUT2D eigenvalue weighted by molar-refractivity contribution is 0.143. The van der Waals surface area contributed by atoms with Crippen LogP contribution >= 0.6 is 0 Å². The van der Waals surface area contributed by atoms with Gasteiger partial charge < -0.3 is 10.4 Å². The van der Waals surface area contributed by atoms with Crippen LogP contribution in [0.15, 0.2) is 4.90 Å². The molecule has 1 atom stereocenters. The van der Waals surface area contributed by atoms with Crippen LogP contribution in [0.3, 0.4) is 0 Å². The molecule has 1 unspecified atom stereocenters. The molecule has 2 heterocycles. The zero-order valence-corrected chi connectivity index (χ0v) is 14.9. The van der Waals surface area contributed by atoms with Crippen molar-refractivity contribution in [2.75, 3.05) is 17.7 Å². The first-order valence-electron chi connectivity index (χ1n) is 8.24. The van der Waals surface area contributed by atoms with E-state index in [1.165, 1.54) is 0 Å². The first-order valence-corrected chi connectivity index (χ1v) is 9.97. The molecule has 2 aliphatic rings. The number of aromatic nitrogens is 2. The number of anilines is 1. The van der Waals surface area contributed by atoms with Gasteiger partial charge in [-0.1, -0.05) is 20.8 Å². The monoisotopic (exact) mass is 338 g/mol. The molecule has 1 aliphatic heterocycles. The van der Waals surface area contributed by atoms with Crippen LogP contribution in [0.4, 0.5) is 5.82 Å². The Bertz CT molecular complexity index is 713. The van der Waals surface area contributed by atoms with Crippen LogP contribution in [-0.2, 0) is 21.6 Å². The lowest BCUT2D eigenvalue weighted by atomic mass is 9.77. The molecule has 0 radical (unpaired) electrons. The van der Waals surface area contributed by atoms with Crippen molar-refractivity contribution < 1.29 is 9.32 Å². The van der Waals surface area contributed by atoms with E-state index in [0.29, 0.717) is 22.3 Å². The Balaban J connectivity index is 2.15. The number of aliphatic hydroxyl groups excluding tert-OH is 1. The Morgan fingerprint density at radius 2 is 2.00 bits per heavy atom. The zero-order valence-electron chi connectivity index (χ0n) is 14.1. The van der Waals surface area contributed by atoms with E-state index in [1.807, 2.05) is 20.8 Å². The second-order valence-corrected chi connectivity index (χ2v) is 9.99. The van der Waals surface area contributed by atoms with Crippen molar-refractivity contribution in [3.63, 3.8) is 0 Å². The number of aryl methyl sites for hydroxylation is 1. The summed E-state index contributed by atoms with van der Waals surface area (Å²) in [6, 6.07) is 0. The number of hydrogen-bond donors (Lipinski definition) is 3. The summed E-state index contributed by atoms with van der Waals surface area (Å²) in [6.07, 6.45) is 4.25. The minimum Gasteiger partial charge on any atom is -0.394 e. The number of hydrogen-bond acceptors (Lipinski definition) is 6. The molecule has 0 bridgehead atoms. The average Bonchev–Trinajstić information content (AvgIpc) is 2.40. The summed E-state index contributed by atoms with van der Waals surface area (Å²) in [5, 5.41) is 13.1. The maximum Gasteiger partial charge on any atom is 0.147 e. The number of rotatable bonds is 3. The Morgan fingerprint density at radius 1 is 1.30 bits per heavy atom. The Hall–Kier alpha value is -1.21. The average molecular weight is 338 g/mol. The fourth-order valence-corrected chi connectivity index (χ4v) is 4.85. The van der Waals surface area contributed by atoms with Gasteiger partial charge in [-0.3, -0.25) is 0 Å². The quantitative estimate of drug-likeness (QED) is 0.786. The Labute approximate surface area is 138 Å². The highest BCUT2D eigenvalue weighted by Gasteiger charge is 2.39. The topological polar surface area (TPSA) is 99.0 Å². The van der Waals surface area contributed by atoms with Crippen molar-refractivity contribution in [1.82, 2.24) is 9.97 Å². The van der Waals surface area contributed by atoms with Crippen LogP contribution < -0.4 is 5.32 Å². The highest BCUT2D eigenvalue weighted by molar-refractivity contribution is 7.92. The first kappa shape index (κ1) is 16.6. The van der Waals surface area contributed by atoms with Crippen molar-refractivity contribution in [2.45, 2.75) is 68.7 Å². The molecule has 0 aromatic carbocycles. The molecule has 0 saturated heterocycles. The van der Waals surface area contributed by atoms with E-state index in [2.05, 4.69) is 15.3 Å². The summed E-state index contributed by atoms with van der Waals surface area (Å²) in [5.41, 5.74) is 0.133. The van der Waals surface area contributed by atoms with Crippen LogP contribution in [0.25, 0.3) is 0 Å². The third kappa shape index (κ3) is 2.96. The van der Waals surface area contributed by atoms with E-state index in [4.69, 9.17) is 4.78 Å². The van der Waals surface area contributed by atoms with E-state index in [-0.39, 0.29) is 17.6 Å². The maximum atomic E-state index is 12.8. The molecule has 23 heavy (non-hydrogen) atoms. The smallest absolute Gasteiger partial charge is 0.147 e. The standard InChI is InChI=1S/C16H26N4O2S/c1-15(2,3)14-18-11-6-4-9-23(17,22)12(11)13(19-14)20-16(10-21)7-5-8-16/h17,21H,4-10H2,1-3H3,(H,18,19,20). The normalized spacial score (nSPS) is 26.3. The second kappa shape index (κ2) is 5.41. The van der Waals surface area contributed by atoms with Gasteiger partial charge in [0.2, 0.25) is 0 Å². The van der Waals surface area contributed by atoms with Gasteiger partial charge in [-0.05, 0) is 32.1 Å². The predicted molar refractivity (Wildman–Crippen MR) is 90.3 cm³/mol. The highest BCUT2D eigenvalue weighted by Crippen LogP contribution is 2.39. The van der Waals surface area contributed by atoms with E-state index < -0.39 is 9.73 Å². The van der Waals surface area contributed by atoms with Crippen LogP contribution in [0.5, 0.6) is 0 Å². The van der Waals surface area contributed by atoms with Crippen molar-refractivity contribution in [3.8, 4) is 0 Å². The molecule has 0 spiro atoms. The minimum absolute atomic E-state index is 0.0236. The number of nitrogens with one attached hydrogen (secondary N) is 2. The molecule has 3 rings (SSSR count). The summed E-state index contributed by atoms with van der Waals surface area (Å²) in [4.78, 5) is 9.73. The lowest BCUT2D eigenvalue weighted by Gasteiger charge is -2.42.